The lowest BCUT2D eigenvalue weighted by Gasteiger charge is -2.07. The predicted molar refractivity (Wildman–Crippen MR) is 77.7 cm³/mol. The quantitative estimate of drug-likeness (QED) is 0.818. The molecule has 2 N–H and O–H groups in total. The number of aromatic nitrogens is 1. The average molecular weight is 342 g/mol. The number of pyridine rings is 1. The molecule has 0 radical (unpaired) electrons. The Bertz CT molecular complexity index is 647. The molecule has 0 unspecified atom stereocenters. The molecular formula is C13H10BrClN2O2. The molecule has 0 saturated carbocycles. The number of halogens is 2. The molecule has 0 aliphatic rings. The van der Waals surface area contributed by atoms with Crippen molar-refractivity contribution in [2.45, 2.75) is 6.92 Å². The van der Waals surface area contributed by atoms with E-state index in [2.05, 4.69) is 26.2 Å². The zero-order valence-corrected chi connectivity index (χ0v) is 12.3. The van der Waals surface area contributed by atoms with Crippen molar-refractivity contribution in [3.8, 4) is 5.75 Å². The van der Waals surface area contributed by atoms with E-state index in [1.807, 2.05) is 0 Å². The molecule has 1 aromatic heterocycles. The zero-order valence-electron chi connectivity index (χ0n) is 9.95. The van der Waals surface area contributed by atoms with Crippen LogP contribution in [0.3, 0.4) is 0 Å². The minimum Gasteiger partial charge on any atom is -0.508 e. The molecule has 2 aromatic rings. The molecule has 0 atom stereocenters. The highest BCUT2D eigenvalue weighted by atomic mass is 79.9. The van der Waals surface area contributed by atoms with Crippen molar-refractivity contribution in [3.05, 3.63) is 51.2 Å². The summed E-state index contributed by atoms with van der Waals surface area (Å²) in [5, 5.41) is 12.6. The number of carbonyl (C=O) groups is 1. The number of amides is 1. The number of nitrogens with zero attached hydrogens (tertiary/aromatic N) is 1. The Labute approximate surface area is 123 Å². The Morgan fingerprint density at radius 1 is 1.42 bits per heavy atom. The van der Waals surface area contributed by atoms with Crippen LogP contribution in [-0.2, 0) is 0 Å². The number of rotatable bonds is 2. The smallest absolute Gasteiger partial charge is 0.255 e. The molecular weight excluding hydrogens is 332 g/mol. The first kappa shape index (κ1) is 13.8. The summed E-state index contributed by atoms with van der Waals surface area (Å²) in [5.74, 6) is -0.241. The molecule has 1 aromatic carbocycles. The van der Waals surface area contributed by atoms with Crippen molar-refractivity contribution in [2.24, 2.45) is 0 Å². The summed E-state index contributed by atoms with van der Waals surface area (Å²) in [6.45, 7) is 1.76. The van der Waals surface area contributed by atoms with Crippen molar-refractivity contribution in [1.29, 1.82) is 0 Å². The number of phenols is 1. The maximum atomic E-state index is 12.0. The Morgan fingerprint density at radius 2 is 2.16 bits per heavy atom. The maximum absolute atomic E-state index is 12.0. The minimum absolute atomic E-state index is 0.0862. The molecule has 0 saturated heterocycles. The Hall–Kier alpha value is -1.59. The first-order chi connectivity index (χ1) is 8.97. The maximum Gasteiger partial charge on any atom is 0.255 e. The second-order valence-corrected chi connectivity index (χ2v) is 5.16. The van der Waals surface area contributed by atoms with Gasteiger partial charge >= 0.3 is 0 Å². The van der Waals surface area contributed by atoms with Crippen molar-refractivity contribution in [1.82, 2.24) is 4.98 Å². The molecule has 4 nitrogen and oxygen atoms in total. The van der Waals surface area contributed by atoms with Crippen molar-refractivity contribution in [2.75, 3.05) is 5.32 Å². The summed E-state index contributed by atoms with van der Waals surface area (Å²) in [6.07, 6.45) is 1.46. The molecule has 2 rings (SSSR count). The van der Waals surface area contributed by atoms with Crippen LogP contribution in [0.1, 0.15) is 15.9 Å². The van der Waals surface area contributed by atoms with E-state index in [9.17, 15) is 9.90 Å². The fraction of sp³-hybridized carbons (Fsp3) is 0.0769. The largest absolute Gasteiger partial charge is 0.508 e. The van der Waals surface area contributed by atoms with Crippen LogP contribution in [-0.4, -0.2) is 16.0 Å². The van der Waals surface area contributed by atoms with Crippen molar-refractivity contribution >= 4 is 39.1 Å². The SMILES string of the molecule is Cc1ccc(C(=O)Nc2cnc(Cl)c(Br)c2)cc1O. The van der Waals surface area contributed by atoms with E-state index in [0.717, 1.165) is 0 Å². The number of hydrogen-bond donors (Lipinski definition) is 2. The number of aryl methyl sites for hydroxylation is 1. The van der Waals surface area contributed by atoms with Gasteiger partial charge in [-0.05, 0) is 46.6 Å². The third-order valence-corrected chi connectivity index (χ3v) is 3.66. The lowest BCUT2D eigenvalue weighted by Crippen LogP contribution is -2.12. The van der Waals surface area contributed by atoms with E-state index in [4.69, 9.17) is 11.6 Å². The van der Waals surface area contributed by atoms with Gasteiger partial charge in [-0.1, -0.05) is 17.7 Å². The van der Waals surface area contributed by atoms with Crippen LogP contribution in [0.4, 0.5) is 5.69 Å². The lowest BCUT2D eigenvalue weighted by molar-refractivity contribution is 0.102. The Morgan fingerprint density at radius 3 is 2.79 bits per heavy atom. The molecule has 98 valence electrons. The highest BCUT2D eigenvalue weighted by Gasteiger charge is 2.09. The van der Waals surface area contributed by atoms with E-state index in [-0.39, 0.29) is 11.7 Å². The monoisotopic (exact) mass is 340 g/mol. The van der Waals surface area contributed by atoms with Crippen LogP contribution in [0.5, 0.6) is 5.75 Å². The molecule has 1 heterocycles. The number of hydrogen-bond acceptors (Lipinski definition) is 3. The normalized spacial score (nSPS) is 10.3. The minimum atomic E-state index is -0.327. The van der Waals surface area contributed by atoms with E-state index < -0.39 is 0 Å². The van der Waals surface area contributed by atoms with Gasteiger partial charge in [0.05, 0.1) is 16.4 Å². The summed E-state index contributed by atoms with van der Waals surface area (Å²) in [6, 6.07) is 6.40. The van der Waals surface area contributed by atoms with Gasteiger partial charge in [0, 0.05) is 5.56 Å². The molecule has 0 spiro atoms. The molecule has 6 heteroatoms. The number of benzene rings is 1. The number of phenolic OH excluding ortho intramolecular Hbond substituents is 1. The molecule has 0 fully saturated rings. The topological polar surface area (TPSA) is 62.2 Å². The van der Waals surface area contributed by atoms with Crippen LogP contribution in [0, 0.1) is 6.92 Å². The van der Waals surface area contributed by atoms with E-state index in [0.29, 0.717) is 26.4 Å². The van der Waals surface area contributed by atoms with Gasteiger partial charge in [0.1, 0.15) is 10.9 Å². The number of nitrogens with one attached hydrogen (secondary N) is 1. The van der Waals surface area contributed by atoms with E-state index >= 15 is 0 Å². The second-order valence-electron chi connectivity index (χ2n) is 3.95. The summed E-state index contributed by atoms with van der Waals surface area (Å²) in [4.78, 5) is 15.9. The van der Waals surface area contributed by atoms with Gasteiger partial charge in [-0.15, -0.1) is 0 Å². The summed E-state index contributed by atoms with van der Waals surface area (Å²) >= 11 is 9.00. The van der Waals surface area contributed by atoms with Crippen LogP contribution in [0.25, 0.3) is 0 Å². The summed E-state index contributed by atoms with van der Waals surface area (Å²) < 4.78 is 0.596. The average Bonchev–Trinajstić information content (AvgIpc) is 2.37. The van der Waals surface area contributed by atoms with E-state index in [1.165, 1.54) is 12.3 Å². The molecule has 19 heavy (non-hydrogen) atoms. The fourth-order valence-electron chi connectivity index (χ4n) is 1.44. The van der Waals surface area contributed by atoms with Crippen LogP contribution in [0.15, 0.2) is 34.9 Å². The third-order valence-electron chi connectivity index (χ3n) is 2.53. The van der Waals surface area contributed by atoms with Crippen molar-refractivity contribution < 1.29 is 9.90 Å². The van der Waals surface area contributed by atoms with Crippen LogP contribution < -0.4 is 5.32 Å². The van der Waals surface area contributed by atoms with Crippen molar-refractivity contribution in [3.63, 3.8) is 0 Å². The highest BCUT2D eigenvalue weighted by Crippen LogP contribution is 2.23. The van der Waals surface area contributed by atoms with Gasteiger partial charge in [0.2, 0.25) is 0 Å². The summed E-state index contributed by atoms with van der Waals surface area (Å²) in [5.41, 5.74) is 1.60. The van der Waals surface area contributed by atoms with Gasteiger partial charge in [0.15, 0.2) is 0 Å². The Balaban J connectivity index is 2.20. The van der Waals surface area contributed by atoms with Gasteiger partial charge in [-0.3, -0.25) is 4.79 Å². The number of aromatic hydroxyl groups is 1. The van der Waals surface area contributed by atoms with Crippen LogP contribution in [0.2, 0.25) is 5.15 Å². The lowest BCUT2D eigenvalue weighted by atomic mass is 10.1. The van der Waals surface area contributed by atoms with Crippen LogP contribution >= 0.6 is 27.5 Å². The first-order valence-corrected chi connectivity index (χ1v) is 6.56. The number of anilines is 1. The Kier molecular flexibility index (Phi) is 4.07. The molecule has 0 aliphatic heterocycles. The third kappa shape index (κ3) is 3.24. The molecule has 0 aliphatic carbocycles. The molecule has 0 bridgehead atoms. The highest BCUT2D eigenvalue weighted by molar-refractivity contribution is 9.10. The van der Waals surface area contributed by atoms with Gasteiger partial charge in [0.25, 0.3) is 5.91 Å². The zero-order chi connectivity index (χ0) is 14.0. The predicted octanol–water partition coefficient (Wildman–Crippen LogP) is 3.76. The first-order valence-electron chi connectivity index (χ1n) is 5.39. The van der Waals surface area contributed by atoms with E-state index in [1.54, 1.807) is 25.1 Å². The fourth-order valence-corrected chi connectivity index (χ4v) is 1.90. The second kappa shape index (κ2) is 5.59. The van der Waals surface area contributed by atoms with Gasteiger partial charge < -0.3 is 10.4 Å². The molecule has 1 amide bonds. The number of carbonyl (C=O) groups excluding carboxylic acids is 1. The summed E-state index contributed by atoms with van der Waals surface area (Å²) in [7, 11) is 0. The van der Waals surface area contributed by atoms with Gasteiger partial charge in [-0.2, -0.15) is 0 Å². The van der Waals surface area contributed by atoms with Gasteiger partial charge in [-0.25, -0.2) is 4.98 Å². The standard InChI is InChI=1S/C13H10BrClN2O2/c1-7-2-3-8(4-11(7)18)13(19)17-9-5-10(14)12(15)16-6-9/h2-6,18H,1H3,(H,17,19).